The third kappa shape index (κ3) is 4.56. The average molecular weight is 362 g/mol. The van der Waals surface area contributed by atoms with Gasteiger partial charge in [-0.3, -0.25) is 4.79 Å². The van der Waals surface area contributed by atoms with Crippen LogP contribution in [0.1, 0.15) is 30.1 Å². The van der Waals surface area contributed by atoms with Crippen molar-refractivity contribution >= 4 is 33.3 Å². The molecule has 1 aromatic carbocycles. The molecule has 0 saturated carbocycles. The second kappa shape index (κ2) is 7.94. The van der Waals surface area contributed by atoms with Gasteiger partial charge in [0.15, 0.2) is 0 Å². The minimum atomic E-state index is -0.130. The van der Waals surface area contributed by atoms with Gasteiger partial charge in [-0.05, 0) is 42.8 Å². The summed E-state index contributed by atoms with van der Waals surface area (Å²) in [5, 5.41) is 2.89. The topological polar surface area (TPSA) is 45.2 Å². The van der Waals surface area contributed by atoms with E-state index >= 15 is 0 Å². The van der Waals surface area contributed by atoms with E-state index < -0.39 is 0 Å². The van der Waals surface area contributed by atoms with E-state index in [1.807, 2.05) is 37.4 Å². The Labute approximate surface area is 139 Å². The molecular weight excluding hydrogens is 342 g/mol. The van der Waals surface area contributed by atoms with Crippen molar-refractivity contribution in [2.45, 2.75) is 19.8 Å². The van der Waals surface area contributed by atoms with Gasteiger partial charge in [-0.15, -0.1) is 0 Å². The molecule has 22 heavy (non-hydrogen) atoms. The monoisotopic (exact) mass is 361 g/mol. The zero-order chi connectivity index (χ0) is 15.9. The number of halogens is 1. The van der Waals surface area contributed by atoms with Crippen molar-refractivity contribution in [3.05, 3.63) is 52.6 Å². The number of hydrogen-bond acceptors (Lipinski definition) is 3. The van der Waals surface area contributed by atoms with E-state index in [1.165, 1.54) is 0 Å². The highest BCUT2D eigenvalue weighted by molar-refractivity contribution is 9.10. The number of nitrogens with one attached hydrogen (secondary N) is 1. The molecule has 0 bridgehead atoms. The summed E-state index contributed by atoms with van der Waals surface area (Å²) in [6, 6.07) is 11.1. The van der Waals surface area contributed by atoms with Gasteiger partial charge in [0.05, 0.1) is 0 Å². The molecule has 1 aromatic heterocycles. The molecule has 4 nitrogen and oxygen atoms in total. The molecule has 0 aliphatic heterocycles. The van der Waals surface area contributed by atoms with Crippen molar-refractivity contribution in [3.8, 4) is 0 Å². The largest absolute Gasteiger partial charge is 0.360 e. The SMILES string of the molecule is CCCCN(C)c1cc(C(=O)Nc2ccc(Br)cc2)ccn1. The summed E-state index contributed by atoms with van der Waals surface area (Å²) in [6.45, 7) is 3.09. The number of carbonyl (C=O) groups is 1. The van der Waals surface area contributed by atoms with Crippen LogP contribution in [-0.4, -0.2) is 24.5 Å². The minimum absolute atomic E-state index is 0.130. The number of carbonyl (C=O) groups excluding carboxylic acids is 1. The summed E-state index contributed by atoms with van der Waals surface area (Å²) < 4.78 is 0.981. The van der Waals surface area contributed by atoms with Crippen molar-refractivity contribution < 1.29 is 4.79 Å². The Morgan fingerprint density at radius 1 is 1.27 bits per heavy atom. The summed E-state index contributed by atoms with van der Waals surface area (Å²) in [5.41, 5.74) is 1.38. The molecule has 0 aliphatic rings. The van der Waals surface area contributed by atoms with Crippen LogP contribution in [0.25, 0.3) is 0 Å². The molecule has 0 unspecified atom stereocenters. The highest BCUT2D eigenvalue weighted by Crippen LogP contribution is 2.16. The number of nitrogens with zero attached hydrogens (tertiary/aromatic N) is 2. The van der Waals surface area contributed by atoms with Crippen LogP contribution in [0, 0.1) is 0 Å². The molecular formula is C17H20BrN3O. The quantitative estimate of drug-likeness (QED) is 0.832. The molecule has 2 aromatic rings. The lowest BCUT2D eigenvalue weighted by Gasteiger charge is -2.18. The number of amides is 1. The Bertz CT molecular complexity index is 628. The Kier molecular flexibility index (Phi) is 5.95. The molecule has 2 rings (SSSR count). The van der Waals surface area contributed by atoms with Crippen molar-refractivity contribution in [1.82, 2.24) is 4.98 Å². The standard InChI is InChI=1S/C17H20BrN3O/c1-3-4-11-21(2)16-12-13(9-10-19-16)17(22)20-15-7-5-14(18)6-8-15/h5-10,12H,3-4,11H2,1-2H3,(H,20,22). The molecule has 1 heterocycles. The first-order valence-electron chi connectivity index (χ1n) is 7.34. The van der Waals surface area contributed by atoms with Crippen molar-refractivity contribution in [3.63, 3.8) is 0 Å². The predicted octanol–water partition coefficient (Wildman–Crippen LogP) is 4.33. The Balaban J connectivity index is 2.08. The van der Waals surface area contributed by atoms with Gasteiger partial charge in [0.25, 0.3) is 5.91 Å². The first kappa shape index (κ1) is 16.5. The number of unbranched alkanes of at least 4 members (excludes halogenated alkanes) is 1. The van der Waals surface area contributed by atoms with Crippen LogP contribution in [0.5, 0.6) is 0 Å². The van der Waals surface area contributed by atoms with E-state index in [4.69, 9.17) is 0 Å². The lowest BCUT2D eigenvalue weighted by atomic mass is 10.2. The number of benzene rings is 1. The minimum Gasteiger partial charge on any atom is -0.360 e. The molecule has 0 spiro atoms. The Hall–Kier alpha value is -1.88. The molecule has 5 heteroatoms. The maximum absolute atomic E-state index is 12.3. The molecule has 0 atom stereocenters. The summed E-state index contributed by atoms with van der Waals surface area (Å²) in [6.07, 6.45) is 3.91. The zero-order valence-corrected chi connectivity index (χ0v) is 14.4. The molecule has 1 amide bonds. The van der Waals surface area contributed by atoms with Crippen LogP contribution in [0.2, 0.25) is 0 Å². The van der Waals surface area contributed by atoms with E-state index in [9.17, 15) is 4.79 Å². The third-order valence-electron chi connectivity index (χ3n) is 3.35. The molecule has 0 radical (unpaired) electrons. The predicted molar refractivity (Wildman–Crippen MR) is 94.5 cm³/mol. The van der Waals surface area contributed by atoms with Crippen molar-refractivity contribution in [1.29, 1.82) is 0 Å². The van der Waals surface area contributed by atoms with E-state index in [2.05, 4.69) is 38.1 Å². The number of hydrogen-bond donors (Lipinski definition) is 1. The normalized spacial score (nSPS) is 10.3. The highest BCUT2D eigenvalue weighted by Gasteiger charge is 2.09. The molecule has 0 fully saturated rings. The third-order valence-corrected chi connectivity index (χ3v) is 3.88. The first-order chi connectivity index (χ1) is 10.6. The van der Waals surface area contributed by atoms with E-state index in [0.717, 1.165) is 35.4 Å². The summed E-state index contributed by atoms with van der Waals surface area (Å²) in [4.78, 5) is 18.7. The van der Waals surface area contributed by atoms with Crippen LogP contribution in [0.15, 0.2) is 47.1 Å². The first-order valence-corrected chi connectivity index (χ1v) is 8.13. The summed E-state index contributed by atoms with van der Waals surface area (Å²) in [7, 11) is 1.99. The van der Waals surface area contributed by atoms with Gasteiger partial charge in [0.1, 0.15) is 5.82 Å². The lowest BCUT2D eigenvalue weighted by Crippen LogP contribution is -2.20. The second-order valence-corrected chi connectivity index (χ2v) is 6.05. The van der Waals surface area contributed by atoms with Crippen LogP contribution in [-0.2, 0) is 0 Å². The van der Waals surface area contributed by atoms with Crippen LogP contribution in [0.3, 0.4) is 0 Å². The number of aromatic nitrogens is 1. The van der Waals surface area contributed by atoms with Crippen molar-refractivity contribution in [2.75, 3.05) is 23.8 Å². The van der Waals surface area contributed by atoms with Crippen molar-refractivity contribution in [2.24, 2.45) is 0 Å². The van der Waals surface area contributed by atoms with Gasteiger partial charge in [-0.2, -0.15) is 0 Å². The number of pyridine rings is 1. The highest BCUT2D eigenvalue weighted by atomic mass is 79.9. The van der Waals surface area contributed by atoms with Gasteiger partial charge in [0, 0.05) is 35.5 Å². The van der Waals surface area contributed by atoms with Gasteiger partial charge in [-0.25, -0.2) is 4.98 Å². The average Bonchev–Trinajstić information content (AvgIpc) is 2.54. The molecule has 116 valence electrons. The van der Waals surface area contributed by atoms with E-state index in [1.54, 1.807) is 12.3 Å². The Morgan fingerprint density at radius 2 is 2.00 bits per heavy atom. The van der Waals surface area contributed by atoms with Crippen LogP contribution < -0.4 is 10.2 Å². The van der Waals surface area contributed by atoms with Gasteiger partial charge in [0.2, 0.25) is 0 Å². The second-order valence-electron chi connectivity index (χ2n) is 5.14. The van der Waals surface area contributed by atoms with Crippen LogP contribution >= 0.6 is 15.9 Å². The lowest BCUT2D eigenvalue weighted by molar-refractivity contribution is 0.102. The van der Waals surface area contributed by atoms with E-state index in [-0.39, 0.29) is 5.91 Å². The van der Waals surface area contributed by atoms with Gasteiger partial charge >= 0.3 is 0 Å². The fraction of sp³-hybridized carbons (Fsp3) is 0.294. The molecule has 0 aliphatic carbocycles. The van der Waals surface area contributed by atoms with Gasteiger partial charge in [-0.1, -0.05) is 29.3 Å². The smallest absolute Gasteiger partial charge is 0.255 e. The maximum Gasteiger partial charge on any atom is 0.255 e. The summed E-state index contributed by atoms with van der Waals surface area (Å²) >= 11 is 3.38. The maximum atomic E-state index is 12.3. The Morgan fingerprint density at radius 3 is 2.68 bits per heavy atom. The summed E-state index contributed by atoms with van der Waals surface area (Å²) in [5.74, 6) is 0.687. The molecule has 1 N–H and O–H groups in total. The van der Waals surface area contributed by atoms with Crippen LogP contribution in [0.4, 0.5) is 11.5 Å². The fourth-order valence-corrected chi connectivity index (χ4v) is 2.28. The van der Waals surface area contributed by atoms with Gasteiger partial charge < -0.3 is 10.2 Å². The molecule has 0 saturated heterocycles. The number of anilines is 2. The number of rotatable bonds is 6. The zero-order valence-electron chi connectivity index (χ0n) is 12.8. The fourth-order valence-electron chi connectivity index (χ4n) is 2.01. The van der Waals surface area contributed by atoms with E-state index in [0.29, 0.717) is 5.56 Å².